The van der Waals surface area contributed by atoms with E-state index in [2.05, 4.69) is 9.97 Å². The number of halogens is 3. The number of alkyl halides is 3. The average molecular weight is 317 g/mol. The molecule has 2 rings (SSSR count). The van der Waals surface area contributed by atoms with Crippen LogP contribution in [0.2, 0.25) is 0 Å². The van der Waals surface area contributed by atoms with Gasteiger partial charge in [0.1, 0.15) is 0 Å². The van der Waals surface area contributed by atoms with E-state index >= 15 is 0 Å². The van der Waals surface area contributed by atoms with E-state index in [1.165, 1.54) is 12.3 Å². The van der Waals surface area contributed by atoms with Gasteiger partial charge in [-0.15, -0.1) is 0 Å². The first-order chi connectivity index (χ1) is 10.4. The molecule has 4 nitrogen and oxygen atoms in total. The first kappa shape index (κ1) is 17.0. The second kappa shape index (κ2) is 6.81. The second-order valence-corrected chi connectivity index (χ2v) is 6.00. The quantitative estimate of drug-likeness (QED) is 0.907. The minimum absolute atomic E-state index is 0.105. The molecule has 1 aromatic heterocycles. The van der Waals surface area contributed by atoms with E-state index in [1.54, 1.807) is 0 Å². The molecule has 1 aliphatic heterocycles. The third kappa shape index (κ3) is 4.32. The monoisotopic (exact) mass is 317 g/mol. The standard InChI is InChI=1S/C15H22F3N3O/c1-2-14(11-22)6-3-9-21(10-14)13-19-8-5-12(20-13)4-7-15(16,17)18/h5,8,22H,2-4,6-7,9-11H2,1H3. The number of anilines is 1. The number of piperidine rings is 1. The maximum atomic E-state index is 12.3. The van der Waals surface area contributed by atoms with Crippen molar-refractivity contribution in [1.82, 2.24) is 9.97 Å². The van der Waals surface area contributed by atoms with Crippen molar-refractivity contribution in [2.75, 3.05) is 24.6 Å². The fourth-order valence-electron chi connectivity index (χ4n) is 2.85. The van der Waals surface area contributed by atoms with Gasteiger partial charge < -0.3 is 10.0 Å². The zero-order valence-electron chi connectivity index (χ0n) is 12.7. The summed E-state index contributed by atoms with van der Waals surface area (Å²) in [7, 11) is 0. The van der Waals surface area contributed by atoms with Crippen molar-refractivity contribution in [2.45, 2.75) is 45.2 Å². The molecule has 1 aromatic rings. The van der Waals surface area contributed by atoms with Crippen LogP contribution >= 0.6 is 0 Å². The molecule has 1 N–H and O–H groups in total. The molecule has 124 valence electrons. The third-order valence-electron chi connectivity index (χ3n) is 4.39. The van der Waals surface area contributed by atoms with Gasteiger partial charge in [-0.2, -0.15) is 13.2 Å². The Morgan fingerprint density at radius 2 is 2.18 bits per heavy atom. The lowest BCUT2D eigenvalue weighted by Crippen LogP contribution is -2.45. The minimum Gasteiger partial charge on any atom is -0.396 e. The molecule has 1 saturated heterocycles. The van der Waals surface area contributed by atoms with E-state index in [0.717, 1.165) is 25.8 Å². The van der Waals surface area contributed by atoms with E-state index in [9.17, 15) is 18.3 Å². The number of aliphatic hydroxyl groups excluding tert-OH is 1. The van der Waals surface area contributed by atoms with Crippen molar-refractivity contribution in [3.05, 3.63) is 18.0 Å². The first-order valence-corrected chi connectivity index (χ1v) is 7.62. The van der Waals surface area contributed by atoms with Gasteiger partial charge in [0.2, 0.25) is 5.95 Å². The molecule has 0 aliphatic carbocycles. The van der Waals surface area contributed by atoms with Gasteiger partial charge in [0.25, 0.3) is 0 Å². The zero-order valence-corrected chi connectivity index (χ0v) is 12.7. The fourth-order valence-corrected chi connectivity index (χ4v) is 2.85. The molecule has 1 fully saturated rings. The molecule has 0 spiro atoms. The van der Waals surface area contributed by atoms with Crippen molar-refractivity contribution >= 4 is 5.95 Å². The third-order valence-corrected chi connectivity index (χ3v) is 4.39. The molecule has 0 saturated carbocycles. The highest BCUT2D eigenvalue weighted by molar-refractivity contribution is 5.32. The van der Waals surface area contributed by atoms with Gasteiger partial charge >= 0.3 is 6.18 Å². The molecule has 0 amide bonds. The van der Waals surface area contributed by atoms with Crippen molar-refractivity contribution in [2.24, 2.45) is 5.41 Å². The highest BCUT2D eigenvalue weighted by Gasteiger charge is 2.34. The number of aliphatic hydroxyl groups is 1. The molecule has 2 heterocycles. The molecule has 0 aromatic carbocycles. The zero-order chi connectivity index (χ0) is 16.2. The minimum atomic E-state index is -4.18. The van der Waals surface area contributed by atoms with Crippen LogP contribution in [0.5, 0.6) is 0 Å². The predicted molar refractivity (Wildman–Crippen MR) is 77.7 cm³/mol. The molecule has 1 aliphatic rings. The van der Waals surface area contributed by atoms with E-state index in [-0.39, 0.29) is 18.4 Å². The number of aryl methyl sites for hydroxylation is 1. The number of aromatic nitrogens is 2. The smallest absolute Gasteiger partial charge is 0.389 e. The van der Waals surface area contributed by atoms with Gasteiger partial charge in [0.05, 0.1) is 6.61 Å². The van der Waals surface area contributed by atoms with Crippen LogP contribution in [0.4, 0.5) is 19.1 Å². The Morgan fingerprint density at radius 1 is 1.41 bits per heavy atom. The Balaban J connectivity index is 2.08. The summed E-state index contributed by atoms with van der Waals surface area (Å²) in [4.78, 5) is 10.4. The average Bonchev–Trinajstić information content (AvgIpc) is 2.52. The summed E-state index contributed by atoms with van der Waals surface area (Å²) in [6.45, 7) is 3.56. The summed E-state index contributed by atoms with van der Waals surface area (Å²) in [5.41, 5.74) is 0.239. The van der Waals surface area contributed by atoms with Crippen LogP contribution in [-0.2, 0) is 6.42 Å². The summed E-state index contributed by atoms with van der Waals surface area (Å²) >= 11 is 0. The van der Waals surface area contributed by atoms with Crippen LogP contribution in [0.1, 0.15) is 38.3 Å². The lowest BCUT2D eigenvalue weighted by Gasteiger charge is -2.41. The predicted octanol–water partition coefficient (Wildman–Crippen LogP) is 2.96. The Bertz CT molecular complexity index is 489. The molecule has 22 heavy (non-hydrogen) atoms. The van der Waals surface area contributed by atoms with Crippen LogP contribution in [0, 0.1) is 5.41 Å². The van der Waals surface area contributed by atoms with Gasteiger partial charge in [-0.05, 0) is 31.7 Å². The topological polar surface area (TPSA) is 49.2 Å². The Morgan fingerprint density at radius 3 is 2.82 bits per heavy atom. The Kier molecular flexibility index (Phi) is 5.26. The summed E-state index contributed by atoms with van der Waals surface area (Å²) in [5.74, 6) is 0.464. The lowest BCUT2D eigenvalue weighted by atomic mass is 9.78. The molecule has 7 heteroatoms. The number of rotatable bonds is 5. The molecule has 1 unspecified atom stereocenters. The number of hydrogen-bond donors (Lipinski definition) is 1. The van der Waals surface area contributed by atoms with Crippen LogP contribution in [0.25, 0.3) is 0 Å². The van der Waals surface area contributed by atoms with E-state index in [1.807, 2.05) is 11.8 Å². The normalized spacial score (nSPS) is 22.9. The van der Waals surface area contributed by atoms with Crippen LogP contribution < -0.4 is 4.90 Å². The van der Waals surface area contributed by atoms with Crippen molar-refractivity contribution < 1.29 is 18.3 Å². The van der Waals surface area contributed by atoms with E-state index < -0.39 is 12.6 Å². The highest BCUT2D eigenvalue weighted by atomic mass is 19.4. The maximum absolute atomic E-state index is 12.3. The summed E-state index contributed by atoms with van der Waals surface area (Å²) in [6, 6.07) is 1.53. The Labute approximate surface area is 128 Å². The van der Waals surface area contributed by atoms with Gasteiger partial charge in [-0.3, -0.25) is 0 Å². The molecule has 0 bridgehead atoms. The van der Waals surface area contributed by atoms with E-state index in [0.29, 0.717) is 18.2 Å². The van der Waals surface area contributed by atoms with Gasteiger partial charge in [0.15, 0.2) is 0 Å². The molecule has 1 atom stereocenters. The molecular formula is C15H22F3N3O. The largest absolute Gasteiger partial charge is 0.396 e. The van der Waals surface area contributed by atoms with Gasteiger partial charge in [-0.25, -0.2) is 9.97 Å². The van der Waals surface area contributed by atoms with Crippen LogP contribution in [-0.4, -0.2) is 40.9 Å². The first-order valence-electron chi connectivity index (χ1n) is 7.62. The van der Waals surface area contributed by atoms with Crippen molar-refractivity contribution in [3.8, 4) is 0 Å². The highest BCUT2D eigenvalue weighted by Crippen LogP contribution is 2.34. The molecular weight excluding hydrogens is 295 g/mol. The second-order valence-electron chi connectivity index (χ2n) is 6.00. The van der Waals surface area contributed by atoms with Crippen molar-refractivity contribution in [3.63, 3.8) is 0 Å². The number of nitrogens with zero attached hydrogens (tertiary/aromatic N) is 3. The van der Waals surface area contributed by atoms with Gasteiger partial charge in [-0.1, -0.05) is 6.92 Å². The van der Waals surface area contributed by atoms with Crippen LogP contribution in [0.3, 0.4) is 0 Å². The fraction of sp³-hybridized carbons (Fsp3) is 0.733. The van der Waals surface area contributed by atoms with Crippen LogP contribution in [0.15, 0.2) is 12.3 Å². The summed E-state index contributed by atoms with van der Waals surface area (Å²) in [5, 5.41) is 9.64. The van der Waals surface area contributed by atoms with Crippen molar-refractivity contribution in [1.29, 1.82) is 0 Å². The SMILES string of the molecule is CCC1(CO)CCCN(c2nccc(CCC(F)(F)F)n2)C1. The van der Waals surface area contributed by atoms with E-state index in [4.69, 9.17) is 0 Å². The number of hydrogen-bond acceptors (Lipinski definition) is 4. The summed E-state index contributed by atoms with van der Waals surface area (Å²) < 4.78 is 36.9. The molecule has 0 radical (unpaired) electrons. The maximum Gasteiger partial charge on any atom is 0.389 e. The lowest BCUT2D eigenvalue weighted by molar-refractivity contribution is -0.134. The Hall–Kier alpha value is -1.37. The van der Waals surface area contributed by atoms with Gasteiger partial charge in [0, 0.05) is 36.8 Å². The summed E-state index contributed by atoms with van der Waals surface area (Å²) in [6.07, 6.45) is -0.951.